The molecule has 0 spiro atoms. The highest BCUT2D eigenvalue weighted by atomic mass is 79.9. The van der Waals surface area contributed by atoms with Gasteiger partial charge in [0.2, 0.25) is 0 Å². The van der Waals surface area contributed by atoms with Gasteiger partial charge in [-0.25, -0.2) is 4.98 Å². The predicted octanol–water partition coefficient (Wildman–Crippen LogP) is 2.17. The zero-order valence-corrected chi connectivity index (χ0v) is 7.13. The SMILES string of the molecule is Nc1cccc2oc(Br)nc12. The molecule has 0 fully saturated rings. The summed E-state index contributed by atoms with van der Waals surface area (Å²) in [6, 6.07) is 5.44. The number of nitrogen functional groups attached to an aromatic ring is 1. The molecule has 3 nitrogen and oxygen atoms in total. The number of halogens is 1. The third kappa shape index (κ3) is 0.991. The van der Waals surface area contributed by atoms with Crippen molar-refractivity contribution in [2.45, 2.75) is 0 Å². The summed E-state index contributed by atoms with van der Waals surface area (Å²) in [6.45, 7) is 0. The molecule has 0 radical (unpaired) electrons. The van der Waals surface area contributed by atoms with Gasteiger partial charge in [0.05, 0.1) is 5.69 Å². The second-order valence-corrected chi connectivity index (χ2v) is 2.84. The van der Waals surface area contributed by atoms with Gasteiger partial charge in [-0.15, -0.1) is 0 Å². The molecule has 4 heteroatoms. The van der Waals surface area contributed by atoms with E-state index in [1.165, 1.54) is 0 Å². The first-order valence-corrected chi connectivity index (χ1v) is 3.87. The molecule has 0 unspecified atom stereocenters. The van der Waals surface area contributed by atoms with E-state index in [1.807, 2.05) is 12.1 Å². The van der Waals surface area contributed by atoms with Crippen molar-refractivity contribution in [3.05, 3.63) is 23.0 Å². The van der Waals surface area contributed by atoms with Crippen molar-refractivity contribution in [1.82, 2.24) is 4.98 Å². The van der Waals surface area contributed by atoms with E-state index in [-0.39, 0.29) is 0 Å². The molecule has 2 rings (SSSR count). The Bertz CT molecular complexity index is 396. The van der Waals surface area contributed by atoms with Gasteiger partial charge in [0.25, 0.3) is 4.80 Å². The van der Waals surface area contributed by atoms with Crippen LogP contribution in [0.25, 0.3) is 11.1 Å². The van der Waals surface area contributed by atoms with Crippen molar-refractivity contribution < 1.29 is 4.42 Å². The smallest absolute Gasteiger partial charge is 0.265 e. The number of benzene rings is 1. The number of oxazole rings is 1. The number of rotatable bonds is 0. The molecule has 11 heavy (non-hydrogen) atoms. The zero-order valence-electron chi connectivity index (χ0n) is 5.54. The molecule has 0 amide bonds. The maximum Gasteiger partial charge on any atom is 0.265 e. The monoisotopic (exact) mass is 212 g/mol. The molecule has 0 saturated heterocycles. The number of para-hydroxylation sites is 1. The molecule has 1 heterocycles. The lowest BCUT2D eigenvalue weighted by Gasteiger charge is -1.89. The number of aromatic nitrogens is 1. The largest absolute Gasteiger partial charge is 0.431 e. The van der Waals surface area contributed by atoms with Crippen molar-refractivity contribution in [2.75, 3.05) is 5.73 Å². The number of nitrogens with zero attached hydrogens (tertiary/aromatic N) is 1. The summed E-state index contributed by atoms with van der Waals surface area (Å²) in [5, 5.41) is 0. The van der Waals surface area contributed by atoms with Crippen molar-refractivity contribution in [2.24, 2.45) is 0 Å². The lowest BCUT2D eigenvalue weighted by molar-refractivity contribution is 0.570. The minimum absolute atomic E-state index is 0.463. The number of nitrogens with two attached hydrogens (primary N) is 1. The molecule has 2 N–H and O–H groups in total. The van der Waals surface area contributed by atoms with Crippen LogP contribution in [0.3, 0.4) is 0 Å². The van der Waals surface area contributed by atoms with E-state index in [0.717, 1.165) is 0 Å². The first-order chi connectivity index (χ1) is 5.27. The van der Waals surface area contributed by atoms with Crippen LogP contribution < -0.4 is 5.73 Å². The molecular formula is C7H5BrN2O. The maximum atomic E-state index is 5.63. The zero-order chi connectivity index (χ0) is 7.84. The van der Waals surface area contributed by atoms with Gasteiger partial charge in [-0.3, -0.25) is 0 Å². The van der Waals surface area contributed by atoms with Crippen LogP contribution in [-0.2, 0) is 0 Å². The Morgan fingerprint density at radius 1 is 1.45 bits per heavy atom. The summed E-state index contributed by atoms with van der Waals surface area (Å²) in [6.07, 6.45) is 0. The van der Waals surface area contributed by atoms with Crippen LogP contribution in [0.1, 0.15) is 0 Å². The minimum Gasteiger partial charge on any atom is -0.431 e. The van der Waals surface area contributed by atoms with Crippen molar-refractivity contribution >= 4 is 32.7 Å². The van der Waals surface area contributed by atoms with Crippen LogP contribution in [-0.4, -0.2) is 4.98 Å². The number of hydrogen-bond acceptors (Lipinski definition) is 3. The van der Waals surface area contributed by atoms with Crippen molar-refractivity contribution in [3.63, 3.8) is 0 Å². The van der Waals surface area contributed by atoms with E-state index in [1.54, 1.807) is 6.07 Å². The van der Waals surface area contributed by atoms with E-state index in [4.69, 9.17) is 10.2 Å². The normalized spacial score (nSPS) is 10.6. The van der Waals surface area contributed by atoms with Crippen LogP contribution in [0, 0.1) is 0 Å². The lowest BCUT2D eigenvalue weighted by atomic mass is 10.3. The summed E-state index contributed by atoms with van der Waals surface area (Å²) in [4.78, 5) is 4.50. The van der Waals surface area contributed by atoms with Gasteiger partial charge in [-0.05, 0) is 12.1 Å². The summed E-state index contributed by atoms with van der Waals surface area (Å²) < 4.78 is 5.17. The summed E-state index contributed by atoms with van der Waals surface area (Å²) in [5.74, 6) is 0. The second-order valence-electron chi connectivity index (χ2n) is 2.16. The average molecular weight is 213 g/mol. The highest BCUT2D eigenvalue weighted by molar-refractivity contribution is 9.10. The van der Waals surface area contributed by atoms with Gasteiger partial charge < -0.3 is 10.2 Å². The fourth-order valence-electron chi connectivity index (χ4n) is 0.943. The molecule has 1 aromatic carbocycles. The first kappa shape index (κ1) is 6.67. The third-order valence-corrected chi connectivity index (χ3v) is 1.76. The Hall–Kier alpha value is -1.03. The molecular weight excluding hydrogens is 208 g/mol. The van der Waals surface area contributed by atoms with E-state index in [9.17, 15) is 0 Å². The molecule has 0 aliphatic carbocycles. The van der Waals surface area contributed by atoms with Crippen molar-refractivity contribution in [3.8, 4) is 0 Å². The molecule has 0 saturated carbocycles. The lowest BCUT2D eigenvalue weighted by Crippen LogP contribution is -1.84. The summed E-state index contributed by atoms with van der Waals surface area (Å²) >= 11 is 3.13. The standard InChI is InChI=1S/C7H5BrN2O/c8-7-10-6-4(9)2-1-3-5(6)11-7/h1-3H,9H2. The van der Waals surface area contributed by atoms with E-state index in [0.29, 0.717) is 21.6 Å². The van der Waals surface area contributed by atoms with Crippen LogP contribution >= 0.6 is 15.9 Å². The summed E-state index contributed by atoms with van der Waals surface area (Å²) in [7, 11) is 0. The minimum atomic E-state index is 0.463. The Kier molecular flexibility index (Phi) is 1.35. The quantitative estimate of drug-likeness (QED) is 0.682. The third-order valence-electron chi connectivity index (χ3n) is 1.42. The van der Waals surface area contributed by atoms with E-state index in [2.05, 4.69) is 20.9 Å². The van der Waals surface area contributed by atoms with Gasteiger partial charge in [0.15, 0.2) is 5.58 Å². The number of hydrogen-bond donors (Lipinski definition) is 1. The summed E-state index contributed by atoms with van der Waals surface area (Å²) in [5.41, 5.74) is 7.68. The van der Waals surface area contributed by atoms with Gasteiger partial charge in [0, 0.05) is 15.9 Å². The Morgan fingerprint density at radius 2 is 2.27 bits per heavy atom. The molecule has 56 valence electrons. The molecule has 2 aromatic rings. The van der Waals surface area contributed by atoms with Crippen LogP contribution in [0.4, 0.5) is 5.69 Å². The number of anilines is 1. The van der Waals surface area contributed by atoms with Gasteiger partial charge in [-0.1, -0.05) is 6.07 Å². The fraction of sp³-hybridized carbons (Fsp3) is 0. The van der Waals surface area contributed by atoms with E-state index < -0.39 is 0 Å². The Labute approximate surface area is 71.3 Å². The molecule has 1 aromatic heterocycles. The average Bonchev–Trinajstić information content (AvgIpc) is 2.31. The van der Waals surface area contributed by atoms with Crippen molar-refractivity contribution in [1.29, 1.82) is 0 Å². The highest BCUT2D eigenvalue weighted by Crippen LogP contribution is 2.23. The predicted molar refractivity (Wildman–Crippen MR) is 46.1 cm³/mol. The highest BCUT2D eigenvalue weighted by Gasteiger charge is 2.03. The topological polar surface area (TPSA) is 52.0 Å². The maximum absolute atomic E-state index is 5.63. The van der Waals surface area contributed by atoms with Gasteiger partial charge >= 0.3 is 0 Å². The van der Waals surface area contributed by atoms with Crippen LogP contribution in [0.15, 0.2) is 27.4 Å². The molecule has 0 atom stereocenters. The van der Waals surface area contributed by atoms with Crippen LogP contribution in [0.2, 0.25) is 0 Å². The Balaban J connectivity index is 2.90. The fourth-order valence-corrected chi connectivity index (χ4v) is 1.29. The number of fused-ring (bicyclic) bond motifs is 1. The van der Waals surface area contributed by atoms with Gasteiger partial charge in [0.1, 0.15) is 5.52 Å². The van der Waals surface area contributed by atoms with Crippen LogP contribution in [0.5, 0.6) is 0 Å². The molecule has 0 aliphatic rings. The molecule has 0 bridgehead atoms. The molecule has 0 aliphatic heterocycles. The van der Waals surface area contributed by atoms with E-state index >= 15 is 0 Å². The van der Waals surface area contributed by atoms with Gasteiger partial charge in [-0.2, -0.15) is 0 Å². The first-order valence-electron chi connectivity index (χ1n) is 3.08. The Morgan fingerprint density at radius 3 is 3.00 bits per heavy atom. The second kappa shape index (κ2) is 2.23.